The van der Waals surface area contributed by atoms with Crippen LogP contribution in [0.25, 0.3) is 21.9 Å². The van der Waals surface area contributed by atoms with Gasteiger partial charge in [-0.2, -0.15) is 0 Å². The molecule has 1 saturated carbocycles. The highest BCUT2D eigenvalue weighted by Gasteiger charge is 2.22. The van der Waals surface area contributed by atoms with Crippen molar-refractivity contribution in [3.05, 3.63) is 59.7 Å². The lowest BCUT2D eigenvalue weighted by Crippen LogP contribution is -2.33. The van der Waals surface area contributed by atoms with E-state index in [1.165, 1.54) is 92.1 Å². The minimum atomic E-state index is 0.324. The van der Waals surface area contributed by atoms with E-state index in [1.54, 1.807) is 0 Å². The summed E-state index contributed by atoms with van der Waals surface area (Å²) in [5, 5.41) is 12.4. The van der Waals surface area contributed by atoms with Gasteiger partial charge in [-0.3, -0.25) is 4.90 Å². The molecule has 0 aromatic heterocycles. The van der Waals surface area contributed by atoms with E-state index in [0.717, 1.165) is 24.3 Å². The van der Waals surface area contributed by atoms with Crippen molar-refractivity contribution in [3.63, 3.8) is 0 Å². The number of rotatable bonds is 6. The van der Waals surface area contributed by atoms with Crippen LogP contribution in [0.3, 0.4) is 0 Å². The van der Waals surface area contributed by atoms with Crippen molar-refractivity contribution in [2.45, 2.75) is 64.2 Å². The molecule has 3 nitrogen and oxygen atoms in total. The van der Waals surface area contributed by atoms with Crippen molar-refractivity contribution < 1.29 is 9.84 Å². The number of benzene rings is 3. The summed E-state index contributed by atoms with van der Waals surface area (Å²) in [4.78, 5) is 2.52. The fourth-order valence-electron chi connectivity index (χ4n) is 5.82. The average Bonchev–Trinajstić information content (AvgIpc) is 2.85. The summed E-state index contributed by atoms with van der Waals surface area (Å²) < 4.78 is 6.26. The summed E-state index contributed by atoms with van der Waals surface area (Å²) in [6.07, 6.45) is 10.5. The molecule has 1 N–H and O–H groups in total. The van der Waals surface area contributed by atoms with Crippen molar-refractivity contribution in [1.29, 1.82) is 0 Å². The highest BCUT2D eigenvalue weighted by atomic mass is 16.5. The first-order chi connectivity index (χ1) is 16.2. The van der Waals surface area contributed by atoms with Crippen molar-refractivity contribution >= 4 is 10.8 Å². The molecular weight excluding hydrogens is 406 g/mol. The van der Waals surface area contributed by atoms with Crippen LogP contribution in [-0.2, 0) is 0 Å². The Bertz CT molecular complexity index is 1090. The van der Waals surface area contributed by atoms with Gasteiger partial charge >= 0.3 is 0 Å². The smallest absolute Gasteiger partial charge is 0.120 e. The standard InChI is InChI=1S/C30H37NO2/c1-22-10-13-26(33-19-18-31-16-6-3-7-17-31)21-29(22)30-27(23-8-4-2-5-9-23)14-11-24-20-25(32)12-15-28(24)30/h10-15,20-21,23,32H,2-9,16-19H2,1H3. The van der Waals surface area contributed by atoms with Crippen LogP contribution >= 0.6 is 0 Å². The van der Waals surface area contributed by atoms with E-state index in [4.69, 9.17) is 4.74 Å². The lowest BCUT2D eigenvalue weighted by atomic mass is 9.78. The van der Waals surface area contributed by atoms with Gasteiger partial charge in [-0.25, -0.2) is 0 Å². The van der Waals surface area contributed by atoms with Gasteiger partial charge in [0.15, 0.2) is 0 Å². The van der Waals surface area contributed by atoms with Crippen LogP contribution in [0, 0.1) is 6.92 Å². The summed E-state index contributed by atoms with van der Waals surface area (Å²) >= 11 is 0. The Kier molecular flexibility index (Phi) is 6.87. The molecule has 3 heteroatoms. The molecule has 0 atom stereocenters. The molecular formula is C30H37NO2. The monoisotopic (exact) mass is 443 g/mol. The van der Waals surface area contributed by atoms with Crippen LogP contribution in [0.4, 0.5) is 0 Å². The van der Waals surface area contributed by atoms with Gasteiger partial charge in [0, 0.05) is 6.54 Å². The summed E-state index contributed by atoms with van der Waals surface area (Å²) in [7, 11) is 0. The van der Waals surface area contributed by atoms with Crippen LogP contribution in [-0.4, -0.2) is 36.2 Å². The van der Waals surface area contributed by atoms with Crippen LogP contribution in [0.15, 0.2) is 48.5 Å². The first kappa shape index (κ1) is 22.3. The predicted molar refractivity (Wildman–Crippen MR) is 137 cm³/mol. The summed E-state index contributed by atoms with van der Waals surface area (Å²) in [6, 6.07) is 16.9. The maximum atomic E-state index is 10.1. The maximum absolute atomic E-state index is 10.1. The summed E-state index contributed by atoms with van der Waals surface area (Å²) in [5.41, 5.74) is 5.33. The number of piperidine rings is 1. The number of phenolic OH excluding ortho intramolecular Hbond substituents is 1. The Morgan fingerprint density at radius 3 is 2.48 bits per heavy atom. The number of fused-ring (bicyclic) bond motifs is 1. The fraction of sp³-hybridized carbons (Fsp3) is 0.467. The molecule has 174 valence electrons. The highest BCUT2D eigenvalue weighted by molar-refractivity contribution is 6.00. The van der Waals surface area contributed by atoms with Gasteiger partial charge in [0.05, 0.1) is 0 Å². The third-order valence-electron chi connectivity index (χ3n) is 7.68. The number of likely N-dealkylation sites (tertiary alicyclic amines) is 1. The molecule has 2 fully saturated rings. The van der Waals surface area contributed by atoms with E-state index in [2.05, 4.69) is 48.2 Å². The van der Waals surface area contributed by atoms with Crippen molar-refractivity contribution in [1.82, 2.24) is 4.90 Å². The third kappa shape index (κ3) is 5.04. The van der Waals surface area contributed by atoms with Crippen LogP contribution in [0.1, 0.15) is 68.4 Å². The summed E-state index contributed by atoms with van der Waals surface area (Å²) in [6.45, 7) is 6.36. The van der Waals surface area contributed by atoms with Gasteiger partial charge < -0.3 is 9.84 Å². The van der Waals surface area contributed by atoms with E-state index in [9.17, 15) is 5.11 Å². The molecule has 0 radical (unpaired) electrons. The fourth-order valence-corrected chi connectivity index (χ4v) is 5.82. The Morgan fingerprint density at radius 1 is 0.879 bits per heavy atom. The first-order valence-corrected chi connectivity index (χ1v) is 12.9. The molecule has 1 heterocycles. The number of aryl methyl sites for hydroxylation is 1. The van der Waals surface area contributed by atoms with Gasteiger partial charge in [-0.1, -0.05) is 49.9 Å². The number of nitrogens with zero attached hydrogens (tertiary/aromatic N) is 1. The molecule has 33 heavy (non-hydrogen) atoms. The van der Waals surface area contributed by atoms with Crippen molar-refractivity contribution in [2.75, 3.05) is 26.2 Å². The van der Waals surface area contributed by atoms with Crippen molar-refractivity contribution in [3.8, 4) is 22.6 Å². The number of phenols is 1. The molecule has 0 amide bonds. The second-order valence-electron chi connectivity index (χ2n) is 10.00. The maximum Gasteiger partial charge on any atom is 0.120 e. The molecule has 1 aliphatic heterocycles. The van der Waals surface area contributed by atoms with Crippen LogP contribution in [0.5, 0.6) is 11.5 Å². The second kappa shape index (κ2) is 10.2. The quantitative estimate of drug-likeness (QED) is 0.430. The van der Waals surface area contributed by atoms with Crippen LogP contribution in [0.2, 0.25) is 0 Å². The molecule has 1 aliphatic carbocycles. The number of aromatic hydroxyl groups is 1. The highest BCUT2D eigenvalue weighted by Crippen LogP contribution is 2.43. The molecule has 2 aliphatic rings. The van der Waals surface area contributed by atoms with Gasteiger partial charge in [-0.15, -0.1) is 0 Å². The molecule has 0 unspecified atom stereocenters. The zero-order valence-electron chi connectivity index (χ0n) is 20.0. The Labute approximate surface area is 198 Å². The van der Waals surface area contributed by atoms with E-state index < -0.39 is 0 Å². The zero-order valence-corrected chi connectivity index (χ0v) is 20.0. The van der Waals surface area contributed by atoms with Crippen LogP contribution < -0.4 is 4.74 Å². The lowest BCUT2D eigenvalue weighted by molar-refractivity contribution is 0.183. The molecule has 0 spiro atoms. The van der Waals surface area contributed by atoms with E-state index >= 15 is 0 Å². The van der Waals surface area contributed by atoms with E-state index in [-0.39, 0.29) is 0 Å². The Morgan fingerprint density at radius 2 is 1.67 bits per heavy atom. The van der Waals surface area contributed by atoms with E-state index in [1.807, 2.05) is 12.1 Å². The van der Waals surface area contributed by atoms with Gasteiger partial charge in [0.25, 0.3) is 0 Å². The Hall–Kier alpha value is -2.52. The SMILES string of the molecule is Cc1ccc(OCCN2CCCCC2)cc1-c1c(C2CCCCC2)ccc2cc(O)ccc12. The zero-order chi connectivity index (χ0) is 22.6. The average molecular weight is 444 g/mol. The first-order valence-electron chi connectivity index (χ1n) is 12.9. The third-order valence-corrected chi connectivity index (χ3v) is 7.68. The molecule has 3 aromatic carbocycles. The number of hydrogen-bond donors (Lipinski definition) is 1. The Balaban J connectivity index is 1.49. The molecule has 3 aromatic rings. The van der Waals surface area contributed by atoms with Crippen molar-refractivity contribution in [2.24, 2.45) is 0 Å². The molecule has 5 rings (SSSR count). The van der Waals surface area contributed by atoms with E-state index in [0.29, 0.717) is 11.7 Å². The van der Waals surface area contributed by atoms with Gasteiger partial charge in [0.1, 0.15) is 18.1 Å². The lowest BCUT2D eigenvalue weighted by Gasteiger charge is -2.27. The number of hydrogen-bond acceptors (Lipinski definition) is 3. The molecule has 0 bridgehead atoms. The predicted octanol–water partition coefficient (Wildman–Crippen LogP) is 7.43. The largest absolute Gasteiger partial charge is 0.508 e. The topological polar surface area (TPSA) is 32.7 Å². The minimum Gasteiger partial charge on any atom is -0.508 e. The second-order valence-corrected chi connectivity index (χ2v) is 10.00. The number of ether oxygens (including phenoxy) is 1. The van der Waals surface area contributed by atoms with Gasteiger partial charge in [-0.05, 0) is 109 Å². The normalized spacial score (nSPS) is 18.0. The van der Waals surface area contributed by atoms with Gasteiger partial charge in [0.2, 0.25) is 0 Å². The molecule has 1 saturated heterocycles. The summed E-state index contributed by atoms with van der Waals surface area (Å²) in [5.74, 6) is 1.89. The minimum absolute atomic E-state index is 0.324.